The normalized spacial score (nSPS) is 13.7. The van der Waals surface area contributed by atoms with Gasteiger partial charge in [-0.2, -0.15) is 39.5 Å². The van der Waals surface area contributed by atoms with Crippen LogP contribution in [0.4, 0.5) is 39.5 Å². The van der Waals surface area contributed by atoms with Crippen molar-refractivity contribution in [3.63, 3.8) is 0 Å². The molecule has 0 aliphatic carbocycles. The highest BCUT2D eigenvalue weighted by atomic mass is 19.4. The Bertz CT molecular complexity index is 424. The molecule has 15 heteroatoms. The minimum atomic E-state index is -4.37. The van der Waals surface area contributed by atoms with E-state index < -0.39 is 35.7 Å². The average molecular weight is 423 g/mol. The van der Waals surface area contributed by atoms with Gasteiger partial charge in [-0.3, -0.25) is 0 Å². The molecule has 0 radical (unpaired) electrons. The molecule has 0 aromatic heterocycles. The average Bonchev–Trinajstić information content (AvgIpc) is 2.46. The fourth-order valence-electron chi connectivity index (χ4n) is 0.566. The van der Waals surface area contributed by atoms with Crippen molar-refractivity contribution in [2.24, 2.45) is 15.5 Å². The van der Waals surface area contributed by atoms with Gasteiger partial charge in [-0.15, -0.1) is 0 Å². The van der Waals surface area contributed by atoms with Crippen LogP contribution in [0.5, 0.6) is 0 Å². The molecule has 0 bridgehead atoms. The fraction of sp³-hybridized carbons (Fsp3) is 0.750. The molecule has 0 N–H and O–H groups in total. The molecule has 0 amide bonds. The van der Waals surface area contributed by atoms with Gasteiger partial charge in [0.25, 0.3) is 0 Å². The molecule has 27 heavy (non-hydrogen) atoms. The molecule has 0 aromatic rings. The van der Waals surface area contributed by atoms with E-state index in [1.54, 1.807) is 0 Å². The first-order chi connectivity index (χ1) is 11.9. The Morgan fingerprint density at radius 3 is 0.667 bits per heavy atom. The Hall–Kier alpha value is -2.22. The Kier molecular flexibility index (Phi) is 14.3. The lowest BCUT2D eigenvalue weighted by Gasteiger charge is -2.02. The van der Waals surface area contributed by atoms with Crippen LogP contribution >= 0.6 is 0 Å². The van der Waals surface area contributed by atoms with Crippen molar-refractivity contribution in [1.82, 2.24) is 0 Å². The lowest BCUT2D eigenvalue weighted by atomic mass is 10.4. The summed E-state index contributed by atoms with van der Waals surface area (Å²) in [6.07, 6.45) is -13.1. The van der Waals surface area contributed by atoms with Gasteiger partial charge in [-0.05, 0) is 20.8 Å². The van der Waals surface area contributed by atoms with E-state index >= 15 is 0 Å². The van der Waals surface area contributed by atoms with Crippen molar-refractivity contribution >= 4 is 17.1 Å². The molecule has 0 heterocycles. The number of nitrogens with zero attached hydrogens (tertiary/aromatic N) is 3. The van der Waals surface area contributed by atoms with Gasteiger partial charge in [0.05, 0.1) is 0 Å². The van der Waals surface area contributed by atoms with Crippen LogP contribution in [0, 0.1) is 0 Å². The van der Waals surface area contributed by atoms with Crippen molar-refractivity contribution < 1.29 is 54.0 Å². The minimum absolute atomic E-state index is 0.837. The zero-order valence-electron chi connectivity index (χ0n) is 15.0. The maximum atomic E-state index is 11.4. The van der Waals surface area contributed by atoms with Crippen LogP contribution in [-0.2, 0) is 14.5 Å². The summed E-state index contributed by atoms with van der Waals surface area (Å²) in [6, 6.07) is 0. The highest BCUT2D eigenvalue weighted by molar-refractivity contribution is 5.87. The number of hydrogen-bond donors (Lipinski definition) is 0. The number of rotatable bonds is 3. The van der Waals surface area contributed by atoms with Gasteiger partial charge in [0, 0.05) is 0 Å². The van der Waals surface area contributed by atoms with Crippen molar-refractivity contribution in [1.29, 1.82) is 0 Å². The van der Waals surface area contributed by atoms with Crippen LogP contribution in [0.1, 0.15) is 20.8 Å². The number of oxime groups is 3. The third-order valence-electron chi connectivity index (χ3n) is 1.92. The van der Waals surface area contributed by atoms with E-state index in [4.69, 9.17) is 0 Å². The van der Waals surface area contributed by atoms with Crippen LogP contribution in [0.15, 0.2) is 15.5 Å². The van der Waals surface area contributed by atoms with Crippen LogP contribution in [0.2, 0.25) is 0 Å². The Labute approximate surface area is 148 Å². The summed E-state index contributed by atoms with van der Waals surface area (Å²) >= 11 is 0. The third kappa shape index (κ3) is 18.4. The van der Waals surface area contributed by atoms with Crippen LogP contribution in [0.25, 0.3) is 0 Å². The summed E-state index contributed by atoms with van der Waals surface area (Å²) in [5.41, 5.74) is -2.94. The topological polar surface area (TPSA) is 64.8 Å². The summed E-state index contributed by atoms with van der Waals surface area (Å²) in [6.45, 7) is 2.51. The van der Waals surface area contributed by atoms with Gasteiger partial charge in [0.15, 0.2) is 17.1 Å². The van der Waals surface area contributed by atoms with Crippen LogP contribution in [-0.4, -0.2) is 57.0 Å². The predicted molar refractivity (Wildman–Crippen MR) is 78.5 cm³/mol. The number of hydrogen-bond acceptors (Lipinski definition) is 6. The number of halogens is 9. The molecule has 0 fully saturated rings. The zero-order valence-corrected chi connectivity index (χ0v) is 15.0. The number of alkyl halides is 9. The SMILES string of the molecule is CO/N=C(/C)C(F)(F)F.CO/N=C(/C)C(F)(F)F.CO/N=C(/C)C(F)(F)F. The van der Waals surface area contributed by atoms with Gasteiger partial charge in [-0.1, -0.05) is 15.5 Å². The second kappa shape index (κ2) is 13.0. The fourth-order valence-corrected chi connectivity index (χ4v) is 0.566. The first kappa shape index (κ1) is 29.5. The third-order valence-corrected chi connectivity index (χ3v) is 1.92. The molecule has 0 saturated carbocycles. The summed E-state index contributed by atoms with van der Waals surface area (Å²) in [5, 5.41) is 8.06. The molecule has 0 aliphatic heterocycles. The van der Waals surface area contributed by atoms with E-state index in [9.17, 15) is 39.5 Å². The standard InChI is InChI=1S/3C4H6F3NO/c3*1-3(8-9-2)4(5,6)7/h3*1-2H3/b3*8-3-. The quantitative estimate of drug-likeness (QED) is 0.375. The van der Waals surface area contributed by atoms with E-state index in [0.29, 0.717) is 0 Å². The minimum Gasteiger partial charge on any atom is -0.399 e. The van der Waals surface area contributed by atoms with Crippen LogP contribution in [0.3, 0.4) is 0 Å². The molecule has 0 aromatic carbocycles. The Morgan fingerprint density at radius 1 is 0.481 bits per heavy atom. The van der Waals surface area contributed by atoms with Gasteiger partial charge >= 0.3 is 18.5 Å². The first-order valence-corrected chi connectivity index (χ1v) is 6.39. The second-order valence-electron chi connectivity index (χ2n) is 4.07. The van der Waals surface area contributed by atoms with Gasteiger partial charge < -0.3 is 14.5 Å². The molecule has 0 rings (SSSR count). The van der Waals surface area contributed by atoms with Crippen molar-refractivity contribution in [2.45, 2.75) is 39.3 Å². The van der Waals surface area contributed by atoms with E-state index in [2.05, 4.69) is 30.0 Å². The summed E-state index contributed by atoms with van der Waals surface area (Å²) < 4.78 is 103. The van der Waals surface area contributed by atoms with E-state index in [0.717, 1.165) is 42.1 Å². The Balaban J connectivity index is -0.000000320. The molecule has 162 valence electrons. The molecule has 6 nitrogen and oxygen atoms in total. The molecular formula is C12H18F9N3O3. The van der Waals surface area contributed by atoms with Gasteiger partial charge in [-0.25, -0.2) is 0 Å². The summed E-state index contributed by atoms with van der Waals surface area (Å²) in [5.74, 6) is 0. The van der Waals surface area contributed by atoms with Crippen molar-refractivity contribution in [3.05, 3.63) is 0 Å². The van der Waals surface area contributed by atoms with Crippen molar-refractivity contribution in [3.8, 4) is 0 Å². The lowest BCUT2D eigenvalue weighted by Crippen LogP contribution is -2.19. The van der Waals surface area contributed by atoms with Crippen LogP contribution < -0.4 is 0 Å². The highest BCUT2D eigenvalue weighted by Gasteiger charge is 2.33. The monoisotopic (exact) mass is 423 g/mol. The maximum absolute atomic E-state index is 11.4. The second-order valence-corrected chi connectivity index (χ2v) is 4.07. The summed E-state index contributed by atoms with van der Waals surface area (Å²) in [7, 11) is 3.19. The lowest BCUT2D eigenvalue weighted by molar-refractivity contribution is -0.0628. The molecule has 0 spiro atoms. The highest BCUT2D eigenvalue weighted by Crippen LogP contribution is 2.17. The summed E-state index contributed by atoms with van der Waals surface area (Å²) in [4.78, 5) is 11.7. The Morgan fingerprint density at radius 2 is 0.630 bits per heavy atom. The van der Waals surface area contributed by atoms with Gasteiger partial charge in [0.2, 0.25) is 0 Å². The van der Waals surface area contributed by atoms with E-state index in [1.165, 1.54) is 0 Å². The van der Waals surface area contributed by atoms with E-state index in [1.807, 2.05) is 0 Å². The van der Waals surface area contributed by atoms with E-state index in [-0.39, 0.29) is 0 Å². The molecule has 0 atom stereocenters. The maximum Gasteiger partial charge on any atom is 0.432 e. The molecular weight excluding hydrogens is 405 g/mol. The smallest absolute Gasteiger partial charge is 0.399 e. The zero-order chi connectivity index (χ0) is 22.5. The molecule has 0 saturated heterocycles. The predicted octanol–water partition coefficient (Wildman–Crippen LogP) is 4.71. The first-order valence-electron chi connectivity index (χ1n) is 6.39. The van der Waals surface area contributed by atoms with Crippen molar-refractivity contribution in [2.75, 3.05) is 21.3 Å². The molecule has 0 aliphatic rings. The molecule has 0 unspecified atom stereocenters. The largest absolute Gasteiger partial charge is 0.432 e. The van der Waals surface area contributed by atoms with Gasteiger partial charge in [0.1, 0.15) is 21.3 Å².